The summed E-state index contributed by atoms with van der Waals surface area (Å²) in [6.07, 6.45) is 2.61. The van der Waals surface area contributed by atoms with Gasteiger partial charge in [-0.2, -0.15) is 0 Å². The van der Waals surface area contributed by atoms with Gasteiger partial charge in [-0.1, -0.05) is 73.8 Å². The maximum absolute atomic E-state index is 12.4. The molecule has 3 rings (SSSR count). The molecule has 33 heavy (non-hydrogen) atoms. The number of rotatable bonds is 8. The lowest BCUT2D eigenvalue weighted by molar-refractivity contribution is -0.114. The third-order valence-corrected chi connectivity index (χ3v) is 7.69. The lowest BCUT2D eigenvalue weighted by atomic mass is 10.2. The minimum atomic E-state index is -3.87. The average molecular weight is 614 g/mol. The fourth-order valence-corrected chi connectivity index (χ4v) is 4.85. The van der Waals surface area contributed by atoms with Crippen LogP contribution in [-0.2, 0) is 27.2 Å². The van der Waals surface area contributed by atoms with Crippen LogP contribution in [0.2, 0.25) is 5.02 Å². The predicted octanol–water partition coefficient (Wildman–Crippen LogP) is 6.41. The van der Waals surface area contributed by atoms with Crippen LogP contribution in [0.1, 0.15) is 22.3 Å². The summed E-state index contributed by atoms with van der Waals surface area (Å²) in [5.74, 6) is -0.564. The first-order valence-corrected chi connectivity index (χ1v) is 13.4. The topological polar surface area (TPSA) is 72.5 Å². The molecule has 3 aromatic rings. The highest BCUT2D eigenvalue weighted by molar-refractivity contribution is 9.10. The van der Waals surface area contributed by atoms with E-state index < -0.39 is 15.9 Å². The van der Waals surface area contributed by atoms with E-state index in [2.05, 4.69) is 36.6 Å². The first-order chi connectivity index (χ1) is 15.6. The second-order valence-electron chi connectivity index (χ2n) is 7.20. The molecule has 1 amide bonds. The lowest BCUT2D eigenvalue weighted by Crippen LogP contribution is -2.30. The van der Waals surface area contributed by atoms with Crippen molar-refractivity contribution in [2.24, 2.45) is 0 Å². The monoisotopic (exact) mass is 611 g/mol. The molecule has 0 radical (unpaired) electrons. The Labute approximate surface area is 215 Å². The number of sulfonamides is 1. The van der Waals surface area contributed by atoms with E-state index in [1.54, 1.807) is 36.4 Å². The van der Waals surface area contributed by atoms with Crippen LogP contribution in [-0.4, -0.2) is 14.3 Å². The van der Waals surface area contributed by atoms with Crippen LogP contribution >= 0.6 is 43.5 Å². The summed E-state index contributed by atoms with van der Waals surface area (Å²) in [5, 5.41) is 0.460. The van der Waals surface area contributed by atoms with E-state index in [4.69, 9.17) is 16.3 Å². The van der Waals surface area contributed by atoms with Gasteiger partial charge in [-0.15, -0.1) is 0 Å². The van der Waals surface area contributed by atoms with E-state index in [1.807, 2.05) is 31.2 Å². The maximum Gasteiger partial charge on any atom is 0.257 e. The van der Waals surface area contributed by atoms with Gasteiger partial charge in [-0.25, -0.2) is 13.1 Å². The van der Waals surface area contributed by atoms with Crippen LogP contribution in [0.4, 0.5) is 0 Å². The summed E-state index contributed by atoms with van der Waals surface area (Å²) in [4.78, 5) is 12.3. The van der Waals surface area contributed by atoms with E-state index in [-0.39, 0.29) is 5.75 Å². The van der Waals surface area contributed by atoms with Crippen molar-refractivity contribution < 1.29 is 17.9 Å². The highest BCUT2D eigenvalue weighted by Crippen LogP contribution is 2.26. The molecule has 0 fully saturated rings. The standard InChI is InChI=1S/C24H20Br2ClNO4S/c1-16-12-17(6-9-21(16)25)15-33(30,31)28-24(29)11-7-18-13-20(27)8-10-23(18)32-14-19-4-2-3-5-22(19)26/h2-13H,14-15H2,1H3,(H,28,29)/b11-7+. The molecule has 0 spiro atoms. The quantitative estimate of drug-likeness (QED) is 0.298. The molecule has 9 heteroatoms. The number of aryl methyl sites for hydroxylation is 1. The Kier molecular flexibility index (Phi) is 8.75. The number of carbonyl (C=O) groups excluding carboxylic acids is 1. The van der Waals surface area contributed by atoms with Crippen LogP contribution in [0.15, 0.2) is 75.7 Å². The smallest absolute Gasteiger partial charge is 0.257 e. The van der Waals surface area contributed by atoms with Crippen LogP contribution in [0.5, 0.6) is 5.75 Å². The number of hydrogen-bond donors (Lipinski definition) is 1. The number of benzene rings is 3. The van der Waals surface area contributed by atoms with E-state index in [0.29, 0.717) is 28.5 Å². The lowest BCUT2D eigenvalue weighted by Gasteiger charge is -2.11. The van der Waals surface area contributed by atoms with Gasteiger partial charge in [0.25, 0.3) is 5.91 Å². The van der Waals surface area contributed by atoms with Gasteiger partial charge < -0.3 is 4.74 Å². The molecule has 3 aromatic carbocycles. The Hall–Kier alpha value is -2.13. The van der Waals surface area contributed by atoms with Gasteiger partial charge in [0.2, 0.25) is 10.0 Å². The first-order valence-electron chi connectivity index (χ1n) is 9.76. The van der Waals surface area contributed by atoms with Gasteiger partial charge in [0, 0.05) is 31.2 Å². The van der Waals surface area contributed by atoms with Gasteiger partial charge in [0.05, 0.1) is 5.75 Å². The van der Waals surface area contributed by atoms with Crippen LogP contribution in [0.25, 0.3) is 6.08 Å². The summed E-state index contributed by atoms with van der Waals surface area (Å²) in [7, 11) is -3.87. The van der Waals surface area contributed by atoms with Gasteiger partial charge >= 0.3 is 0 Å². The van der Waals surface area contributed by atoms with E-state index in [0.717, 1.165) is 26.1 Å². The summed E-state index contributed by atoms with van der Waals surface area (Å²) < 4.78 is 34.6. The van der Waals surface area contributed by atoms with Crippen molar-refractivity contribution >= 4 is 65.5 Å². The Morgan fingerprint density at radius 3 is 2.55 bits per heavy atom. The number of nitrogens with one attached hydrogen (secondary N) is 1. The molecule has 0 saturated carbocycles. The zero-order valence-corrected chi connectivity index (χ0v) is 22.3. The zero-order valence-electron chi connectivity index (χ0n) is 17.5. The summed E-state index contributed by atoms with van der Waals surface area (Å²) in [6, 6.07) is 17.9. The fourth-order valence-electron chi connectivity index (χ4n) is 2.96. The molecular weight excluding hydrogens is 594 g/mol. The molecule has 5 nitrogen and oxygen atoms in total. The molecular formula is C24H20Br2ClNO4S. The molecule has 0 aliphatic heterocycles. The molecule has 0 unspecified atom stereocenters. The zero-order chi connectivity index (χ0) is 24.0. The normalized spacial score (nSPS) is 11.5. The minimum absolute atomic E-state index is 0.303. The van der Waals surface area contributed by atoms with Crippen LogP contribution in [0, 0.1) is 6.92 Å². The number of ether oxygens (including phenoxy) is 1. The highest BCUT2D eigenvalue weighted by Gasteiger charge is 2.15. The van der Waals surface area contributed by atoms with Crippen molar-refractivity contribution in [3.63, 3.8) is 0 Å². The SMILES string of the molecule is Cc1cc(CS(=O)(=O)NC(=O)/C=C/c2cc(Cl)ccc2OCc2ccccc2Br)ccc1Br. The average Bonchev–Trinajstić information content (AvgIpc) is 2.74. The van der Waals surface area contributed by atoms with Crippen molar-refractivity contribution in [3.05, 3.63) is 103 Å². The minimum Gasteiger partial charge on any atom is -0.488 e. The van der Waals surface area contributed by atoms with Gasteiger partial charge in [-0.05, 0) is 54.5 Å². The van der Waals surface area contributed by atoms with Crippen molar-refractivity contribution in [2.45, 2.75) is 19.3 Å². The van der Waals surface area contributed by atoms with Crippen molar-refractivity contribution in [2.75, 3.05) is 0 Å². The highest BCUT2D eigenvalue weighted by atomic mass is 79.9. The van der Waals surface area contributed by atoms with Crippen molar-refractivity contribution in [1.82, 2.24) is 4.72 Å². The number of hydrogen-bond acceptors (Lipinski definition) is 4. The number of amides is 1. The van der Waals surface area contributed by atoms with Gasteiger partial charge in [0.1, 0.15) is 12.4 Å². The molecule has 0 atom stereocenters. The second kappa shape index (κ2) is 11.3. The Bertz CT molecular complexity index is 1310. The van der Waals surface area contributed by atoms with E-state index in [1.165, 1.54) is 6.08 Å². The molecule has 0 aliphatic carbocycles. The van der Waals surface area contributed by atoms with Gasteiger partial charge in [-0.3, -0.25) is 4.79 Å². The summed E-state index contributed by atoms with van der Waals surface area (Å²) in [6.45, 7) is 2.17. The van der Waals surface area contributed by atoms with Crippen LogP contribution in [0.3, 0.4) is 0 Å². The molecule has 0 heterocycles. The second-order valence-corrected chi connectivity index (χ2v) is 11.1. The third kappa shape index (κ3) is 7.71. The molecule has 0 aliphatic rings. The molecule has 0 aromatic heterocycles. The third-order valence-electron chi connectivity index (χ3n) is 4.56. The Morgan fingerprint density at radius 2 is 1.82 bits per heavy atom. The number of carbonyl (C=O) groups is 1. The molecule has 0 saturated heterocycles. The molecule has 0 bridgehead atoms. The van der Waals surface area contributed by atoms with E-state index >= 15 is 0 Å². The number of halogens is 3. The van der Waals surface area contributed by atoms with E-state index in [9.17, 15) is 13.2 Å². The van der Waals surface area contributed by atoms with Crippen molar-refractivity contribution in [3.8, 4) is 5.75 Å². The maximum atomic E-state index is 12.4. The Morgan fingerprint density at radius 1 is 1.06 bits per heavy atom. The largest absolute Gasteiger partial charge is 0.488 e. The summed E-state index contributed by atoms with van der Waals surface area (Å²) >= 11 is 13.0. The Balaban J connectivity index is 1.69. The van der Waals surface area contributed by atoms with Gasteiger partial charge in [0.15, 0.2) is 0 Å². The van der Waals surface area contributed by atoms with Crippen LogP contribution < -0.4 is 9.46 Å². The summed E-state index contributed by atoms with van der Waals surface area (Å²) in [5.41, 5.74) is 2.99. The van der Waals surface area contributed by atoms with Crippen molar-refractivity contribution in [1.29, 1.82) is 0 Å². The molecule has 172 valence electrons. The fraction of sp³-hybridized carbons (Fsp3) is 0.125. The molecule has 1 N–H and O–H groups in total. The first kappa shape index (κ1) is 25.5. The predicted molar refractivity (Wildman–Crippen MR) is 139 cm³/mol.